The largest absolute Gasteiger partial charge is 0.317 e. The highest BCUT2D eigenvalue weighted by molar-refractivity contribution is 5.85. The van der Waals surface area contributed by atoms with Crippen molar-refractivity contribution in [1.29, 1.82) is 0 Å². The first kappa shape index (κ1) is 14.0. The van der Waals surface area contributed by atoms with E-state index in [1.54, 1.807) is 0 Å². The second-order valence-corrected chi connectivity index (χ2v) is 6.41. The van der Waals surface area contributed by atoms with Crippen molar-refractivity contribution in [2.24, 2.45) is 11.3 Å². The standard InChI is InChI=1S/C16H29NO/c1-2-8-16(9-11-17-12-10-16)15(18)13-14-6-4-3-5-7-14/h14,17H,2-13H2,1H3. The lowest BCUT2D eigenvalue weighted by molar-refractivity contribution is -0.132. The highest BCUT2D eigenvalue weighted by Crippen LogP contribution is 2.38. The van der Waals surface area contributed by atoms with Gasteiger partial charge in [-0.25, -0.2) is 0 Å². The van der Waals surface area contributed by atoms with Crippen molar-refractivity contribution in [3.05, 3.63) is 0 Å². The second-order valence-electron chi connectivity index (χ2n) is 6.41. The van der Waals surface area contributed by atoms with Crippen molar-refractivity contribution >= 4 is 5.78 Å². The second kappa shape index (κ2) is 6.70. The molecule has 0 aromatic heterocycles. The van der Waals surface area contributed by atoms with E-state index in [0.717, 1.165) is 45.2 Å². The van der Waals surface area contributed by atoms with Gasteiger partial charge >= 0.3 is 0 Å². The molecule has 1 heterocycles. The molecule has 0 bridgehead atoms. The summed E-state index contributed by atoms with van der Waals surface area (Å²) in [5, 5.41) is 3.40. The van der Waals surface area contributed by atoms with E-state index in [4.69, 9.17) is 0 Å². The van der Waals surface area contributed by atoms with Gasteiger partial charge in [-0.2, -0.15) is 0 Å². The third kappa shape index (κ3) is 3.34. The highest BCUT2D eigenvalue weighted by Gasteiger charge is 2.38. The summed E-state index contributed by atoms with van der Waals surface area (Å²) in [6.45, 7) is 4.30. The van der Waals surface area contributed by atoms with Crippen LogP contribution in [0.1, 0.15) is 71.1 Å². The summed E-state index contributed by atoms with van der Waals surface area (Å²) in [6.07, 6.45) is 12.0. The molecule has 0 radical (unpaired) electrons. The van der Waals surface area contributed by atoms with Crippen molar-refractivity contribution in [3.8, 4) is 0 Å². The number of hydrogen-bond donors (Lipinski definition) is 1. The molecule has 2 rings (SSSR count). The summed E-state index contributed by atoms with van der Waals surface area (Å²) in [6, 6.07) is 0. The Morgan fingerprint density at radius 1 is 1.17 bits per heavy atom. The molecule has 2 fully saturated rings. The van der Waals surface area contributed by atoms with Crippen LogP contribution in [0.2, 0.25) is 0 Å². The Morgan fingerprint density at radius 2 is 1.83 bits per heavy atom. The van der Waals surface area contributed by atoms with Crippen molar-refractivity contribution in [3.63, 3.8) is 0 Å². The molecule has 1 saturated heterocycles. The molecule has 1 saturated carbocycles. The first-order chi connectivity index (χ1) is 8.77. The maximum Gasteiger partial charge on any atom is 0.139 e. The van der Waals surface area contributed by atoms with E-state index in [2.05, 4.69) is 12.2 Å². The molecular formula is C16H29NO. The van der Waals surface area contributed by atoms with Gasteiger partial charge in [-0.3, -0.25) is 4.79 Å². The minimum Gasteiger partial charge on any atom is -0.317 e. The van der Waals surface area contributed by atoms with Crippen LogP contribution >= 0.6 is 0 Å². The summed E-state index contributed by atoms with van der Waals surface area (Å²) < 4.78 is 0. The summed E-state index contributed by atoms with van der Waals surface area (Å²) in [5.74, 6) is 1.30. The molecule has 104 valence electrons. The smallest absolute Gasteiger partial charge is 0.139 e. The topological polar surface area (TPSA) is 29.1 Å². The monoisotopic (exact) mass is 251 g/mol. The quantitative estimate of drug-likeness (QED) is 0.807. The maximum atomic E-state index is 12.8. The highest BCUT2D eigenvalue weighted by atomic mass is 16.1. The van der Waals surface area contributed by atoms with E-state index in [9.17, 15) is 4.79 Å². The zero-order chi connectivity index (χ0) is 12.8. The number of piperidine rings is 1. The van der Waals surface area contributed by atoms with Gasteiger partial charge in [-0.05, 0) is 38.3 Å². The molecule has 2 heteroatoms. The number of carbonyl (C=O) groups is 1. The maximum absolute atomic E-state index is 12.8. The molecule has 0 atom stereocenters. The van der Waals surface area contributed by atoms with Crippen LogP contribution in [0, 0.1) is 11.3 Å². The summed E-state index contributed by atoms with van der Waals surface area (Å²) in [4.78, 5) is 12.8. The van der Waals surface area contributed by atoms with E-state index < -0.39 is 0 Å². The van der Waals surface area contributed by atoms with Crippen LogP contribution in [0.4, 0.5) is 0 Å². The van der Waals surface area contributed by atoms with E-state index in [1.807, 2.05) is 0 Å². The Kier molecular flexibility index (Phi) is 5.23. The Labute approximate surface area is 112 Å². The fourth-order valence-corrected chi connectivity index (χ4v) is 3.92. The molecule has 0 aromatic carbocycles. The molecular weight excluding hydrogens is 222 g/mol. The van der Waals surface area contributed by atoms with Gasteiger partial charge in [-0.15, -0.1) is 0 Å². The summed E-state index contributed by atoms with van der Waals surface area (Å²) in [5.41, 5.74) is 0.0391. The van der Waals surface area contributed by atoms with Gasteiger partial charge in [0.25, 0.3) is 0 Å². The van der Waals surface area contributed by atoms with Gasteiger partial charge in [-0.1, -0.05) is 45.4 Å². The zero-order valence-corrected chi connectivity index (χ0v) is 12.0. The van der Waals surface area contributed by atoms with Gasteiger partial charge in [0.1, 0.15) is 5.78 Å². The number of nitrogens with one attached hydrogen (secondary N) is 1. The first-order valence-electron chi connectivity index (χ1n) is 8.01. The molecule has 1 N–H and O–H groups in total. The predicted molar refractivity (Wildman–Crippen MR) is 75.6 cm³/mol. The van der Waals surface area contributed by atoms with Crippen LogP contribution in [0.5, 0.6) is 0 Å². The lowest BCUT2D eigenvalue weighted by atomic mass is 9.69. The van der Waals surface area contributed by atoms with E-state index in [1.165, 1.54) is 32.1 Å². The minimum atomic E-state index is 0.0391. The zero-order valence-electron chi connectivity index (χ0n) is 12.0. The number of rotatable bonds is 5. The summed E-state index contributed by atoms with van der Waals surface area (Å²) in [7, 11) is 0. The van der Waals surface area contributed by atoms with E-state index >= 15 is 0 Å². The lowest BCUT2D eigenvalue weighted by Crippen LogP contribution is -2.42. The molecule has 0 amide bonds. The number of carbonyl (C=O) groups excluding carboxylic acids is 1. The fourth-order valence-electron chi connectivity index (χ4n) is 3.92. The van der Waals surface area contributed by atoms with Crippen molar-refractivity contribution < 1.29 is 4.79 Å². The van der Waals surface area contributed by atoms with Gasteiger partial charge in [0.15, 0.2) is 0 Å². The van der Waals surface area contributed by atoms with Crippen LogP contribution in [0.3, 0.4) is 0 Å². The lowest BCUT2D eigenvalue weighted by Gasteiger charge is -2.37. The predicted octanol–water partition coefficient (Wildman–Crippen LogP) is 3.70. The van der Waals surface area contributed by atoms with Crippen LogP contribution in [-0.2, 0) is 4.79 Å². The SMILES string of the molecule is CCCC1(C(=O)CC2CCCCC2)CCNCC1. The Balaban J connectivity index is 1.94. The van der Waals surface area contributed by atoms with Crippen molar-refractivity contribution in [1.82, 2.24) is 5.32 Å². The Hall–Kier alpha value is -0.370. The van der Waals surface area contributed by atoms with Crippen LogP contribution < -0.4 is 5.32 Å². The number of ketones is 1. The molecule has 0 unspecified atom stereocenters. The average Bonchev–Trinajstić information content (AvgIpc) is 2.41. The summed E-state index contributed by atoms with van der Waals surface area (Å²) >= 11 is 0. The normalized spacial score (nSPS) is 24.9. The molecule has 2 aliphatic rings. The average molecular weight is 251 g/mol. The number of Topliss-reactive ketones (excluding diaryl/α,β-unsaturated/α-hetero) is 1. The Morgan fingerprint density at radius 3 is 2.44 bits per heavy atom. The van der Waals surface area contributed by atoms with Crippen molar-refractivity contribution in [2.45, 2.75) is 71.1 Å². The third-order valence-corrected chi connectivity index (χ3v) is 5.08. The molecule has 1 aliphatic heterocycles. The molecule has 2 nitrogen and oxygen atoms in total. The third-order valence-electron chi connectivity index (χ3n) is 5.08. The number of hydrogen-bond acceptors (Lipinski definition) is 2. The van der Waals surface area contributed by atoms with Crippen LogP contribution in [0.15, 0.2) is 0 Å². The van der Waals surface area contributed by atoms with Crippen LogP contribution in [0.25, 0.3) is 0 Å². The van der Waals surface area contributed by atoms with E-state index in [0.29, 0.717) is 11.7 Å². The molecule has 0 aromatic rings. The fraction of sp³-hybridized carbons (Fsp3) is 0.938. The Bertz CT molecular complexity index is 257. The van der Waals surface area contributed by atoms with Gasteiger partial charge in [0.2, 0.25) is 0 Å². The molecule has 1 aliphatic carbocycles. The minimum absolute atomic E-state index is 0.0391. The van der Waals surface area contributed by atoms with E-state index in [-0.39, 0.29) is 5.41 Å². The van der Waals surface area contributed by atoms with Gasteiger partial charge in [0.05, 0.1) is 0 Å². The van der Waals surface area contributed by atoms with Crippen molar-refractivity contribution in [2.75, 3.05) is 13.1 Å². The molecule has 18 heavy (non-hydrogen) atoms. The first-order valence-corrected chi connectivity index (χ1v) is 8.01. The van der Waals surface area contributed by atoms with Gasteiger partial charge < -0.3 is 5.32 Å². The van der Waals surface area contributed by atoms with Gasteiger partial charge in [0, 0.05) is 11.8 Å². The van der Waals surface area contributed by atoms with Crippen LogP contribution in [-0.4, -0.2) is 18.9 Å². The molecule has 0 spiro atoms.